The van der Waals surface area contributed by atoms with Crippen molar-refractivity contribution in [3.8, 4) is 11.8 Å². The zero-order valence-corrected chi connectivity index (χ0v) is 28.9. The molecule has 2 unspecified atom stereocenters. The van der Waals surface area contributed by atoms with Crippen molar-refractivity contribution in [2.75, 3.05) is 6.61 Å². The Kier molecular flexibility index (Phi) is 14.0. The molecule has 0 bridgehead atoms. The summed E-state index contributed by atoms with van der Waals surface area (Å²) in [4.78, 5) is 12.9. The topological polar surface area (TPSA) is 98.0 Å². The minimum atomic E-state index is -1.08. The summed E-state index contributed by atoms with van der Waals surface area (Å²) >= 11 is 0. The summed E-state index contributed by atoms with van der Waals surface area (Å²) in [6.07, 6.45) is 21.9. The van der Waals surface area contributed by atoms with Gasteiger partial charge in [-0.15, -0.1) is 0 Å². The third-order valence-corrected chi connectivity index (χ3v) is 9.10. The van der Waals surface area contributed by atoms with Crippen LogP contribution in [0, 0.1) is 34.5 Å². The van der Waals surface area contributed by atoms with Gasteiger partial charge in [0.05, 0.1) is 24.4 Å². The van der Waals surface area contributed by atoms with Gasteiger partial charge >= 0.3 is 0 Å². The monoisotopic (exact) mass is 616 g/mol. The Morgan fingerprint density at radius 3 is 1.98 bits per heavy atom. The lowest BCUT2D eigenvalue weighted by atomic mass is 9.59. The molecule has 4 N–H and O–H groups in total. The van der Waals surface area contributed by atoms with Crippen molar-refractivity contribution in [1.82, 2.24) is 0 Å². The van der Waals surface area contributed by atoms with E-state index < -0.39 is 17.8 Å². The molecule has 0 radical (unpaired) electrons. The van der Waals surface area contributed by atoms with Crippen molar-refractivity contribution in [2.24, 2.45) is 22.7 Å². The molecule has 5 nitrogen and oxygen atoms in total. The number of allylic oxidation sites excluding steroid dienone is 14. The molecule has 2 rings (SSSR count). The third kappa shape index (κ3) is 12.0. The molecule has 1 fully saturated rings. The number of ketones is 1. The first-order chi connectivity index (χ1) is 20.9. The van der Waals surface area contributed by atoms with Crippen LogP contribution in [0.2, 0.25) is 0 Å². The smallest absolute Gasteiger partial charge is 0.158 e. The maximum atomic E-state index is 12.9. The van der Waals surface area contributed by atoms with Crippen molar-refractivity contribution in [3.05, 3.63) is 94.7 Å². The average molecular weight is 617 g/mol. The SMILES string of the molecule is CC1=C[C@H](O)CC(C)(C)C1C#C/C(=C/C=C/C(C)=C/C=C/C=C(C)/C=C/C=C(\C)C(=O)CC1C(C)(C)C[C@@H](O)C[C@@]1(C)O)CO. The van der Waals surface area contributed by atoms with Gasteiger partial charge in [-0.05, 0) is 75.9 Å². The lowest BCUT2D eigenvalue weighted by molar-refractivity contribution is -0.143. The maximum Gasteiger partial charge on any atom is 0.158 e. The van der Waals surface area contributed by atoms with Gasteiger partial charge in [-0.25, -0.2) is 0 Å². The fourth-order valence-electron chi connectivity index (χ4n) is 6.74. The quantitative estimate of drug-likeness (QED) is 0.0895. The highest BCUT2D eigenvalue weighted by Gasteiger charge is 2.49. The summed E-state index contributed by atoms with van der Waals surface area (Å²) < 4.78 is 0. The zero-order chi connectivity index (χ0) is 34.0. The predicted octanol–water partition coefficient (Wildman–Crippen LogP) is 7.28. The largest absolute Gasteiger partial charge is 0.393 e. The maximum absolute atomic E-state index is 12.9. The van der Waals surface area contributed by atoms with E-state index in [1.165, 1.54) is 0 Å². The minimum absolute atomic E-state index is 0.0127. The van der Waals surface area contributed by atoms with E-state index in [9.17, 15) is 25.2 Å². The van der Waals surface area contributed by atoms with Crippen LogP contribution in [0.1, 0.15) is 88.0 Å². The van der Waals surface area contributed by atoms with Gasteiger partial charge in [0, 0.05) is 24.3 Å². The first-order valence-electron chi connectivity index (χ1n) is 16.0. The molecule has 0 aromatic carbocycles. The van der Waals surface area contributed by atoms with Gasteiger partial charge in [0.15, 0.2) is 5.78 Å². The van der Waals surface area contributed by atoms with E-state index in [1.54, 1.807) is 13.8 Å². The highest BCUT2D eigenvalue weighted by atomic mass is 16.3. The number of carbonyl (C=O) groups excluding carboxylic acids is 1. The first kappa shape index (κ1) is 38.2. The molecule has 0 heterocycles. The third-order valence-electron chi connectivity index (χ3n) is 9.10. The number of aliphatic hydroxyl groups is 4. The van der Waals surface area contributed by atoms with E-state index in [4.69, 9.17) is 0 Å². The second-order valence-electron chi connectivity index (χ2n) is 14.6. The second kappa shape index (κ2) is 16.5. The van der Waals surface area contributed by atoms with Crippen molar-refractivity contribution in [3.63, 3.8) is 0 Å². The van der Waals surface area contributed by atoms with Crippen LogP contribution < -0.4 is 0 Å². The van der Waals surface area contributed by atoms with E-state index in [-0.39, 0.29) is 41.5 Å². The number of Topliss-reactive ketones (excluding diaryl/α,β-unsaturated/α-hetero) is 1. The van der Waals surface area contributed by atoms with Crippen LogP contribution in [0.5, 0.6) is 0 Å². The van der Waals surface area contributed by atoms with Gasteiger partial charge in [0.25, 0.3) is 0 Å². The van der Waals surface area contributed by atoms with Crippen LogP contribution in [0.3, 0.4) is 0 Å². The van der Waals surface area contributed by atoms with Crippen molar-refractivity contribution in [1.29, 1.82) is 0 Å². The highest BCUT2D eigenvalue weighted by Crippen LogP contribution is 2.48. The van der Waals surface area contributed by atoms with Crippen LogP contribution in [0.15, 0.2) is 94.7 Å². The van der Waals surface area contributed by atoms with Crippen molar-refractivity contribution in [2.45, 2.75) is 106 Å². The Balaban J connectivity index is 1.95. The molecule has 5 heteroatoms. The summed E-state index contributed by atoms with van der Waals surface area (Å²) in [7, 11) is 0. The van der Waals surface area contributed by atoms with Crippen molar-refractivity contribution >= 4 is 5.78 Å². The first-order valence-corrected chi connectivity index (χ1v) is 16.0. The van der Waals surface area contributed by atoms with E-state index >= 15 is 0 Å². The number of hydrogen-bond donors (Lipinski definition) is 4. The normalized spacial score (nSPS) is 29.7. The van der Waals surface area contributed by atoms with Crippen LogP contribution in [-0.2, 0) is 4.79 Å². The van der Waals surface area contributed by atoms with Crippen molar-refractivity contribution < 1.29 is 25.2 Å². The van der Waals surface area contributed by atoms with Crippen LogP contribution in [-0.4, -0.2) is 50.6 Å². The van der Waals surface area contributed by atoms with E-state index in [0.29, 0.717) is 30.4 Å². The fourth-order valence-corrected chi connectivity index (χ4v) is 6.74. The van der Waals surface area contributed by atoms with Crippen LogP contribution in [0.25, 0.3) is 0 Å². The molecule has 1 saturated carbocycles. The van der Waals surface area contributed by atoms with Gasteiger partial charge in [-0.2, -0.15) is 0 Å². The molecule has 0 aromatic rings. The summed E-state index contributed by atoms with van der Waals surface area (Å²) in [5.74, 6) is 6.27. The molecule has 5 atom stereocenters. The lowest BCUT2D eigenvalue weighted by Crippen LogP contribution is -2.52. The second-order valence-corrected chi connectivity index (χ2v) is 14.6. The molecule has 0 saturated heterocycles. The standard InChI is InChI=1S/C40H56O5/c1-28(16-12-18-30(3)36(44)23-37-39(7,8)25-34(43)26-40(37,9)45)14-10-11-15-29(2)17-13-19-32(27-41)20-21-35-31(4)22-33(42)24-38(35,5)6/h10-19,22,33-35,37,41-43,45H,23-27H2,1-9H3/b11-10+,16-12+,17-13+,28-14+,29-15+,30-18+,32-19-/t33-,34+,35?,37?,40+/m0/s1. The number of rotatable bonds is 10. The summed E-state index contributed by atoms with van der Waals surface area (Å²) in [5, 5.41) is 40.9. The number of aliphatic hydroxyl groups excluding tert-OH is 3. The van der Waals surface area contributed by atoms with E-state index in [1.807, 2.05) is 101 Å². The molecular formula is C40H56O5. The molecule has 0 aliphatic heterocycles. The van der Waals surface area contributed by atoms with Gasteiger partial charge in [0.2, 0.25) is 0 Å². The average Bonchev–Trinajstić information content (AvgIpc) is 2.90. The lowest BCUT2D eigenvalue weighted by Gasteiger charge is -2.49. The molecule has 0 amide bonds. The molecular weight excluding hydrogens is 560 g/mol. The van der Waals surface area contributed by atoms with Crippen LogP contribution >= 0.6 is 0 Å². The Morgan fingerprint density at radius 1 is 0.867 bits per heavy atom. The molecule has 2 aliphatic rings. The Labute approximate surface area is 272 Å². The predicted molar refractivity (Wildman–Crippen MR) is 186 cm³/mol. The Bertz CT molecular complexity index is 1340. The number of carbonyl (C=O) groups is 1. The molecule has 2 aliphatic carbocycles. The van der Waals surface area contributed by atoms with Gasteiger partial charge < -0.3 is 20.4 Å². The minimum Gasteiger partial charge on any atom is -0.393 e. The molecule has 0 aromatic heterocycles. The Hall–Kier alpha value is -3.01. The van der Waals surface area contributed by atoms with E-state index in [2.05, 4.69) is 25.7 Å². The van der Waals surface area contributed by atoms with Crippen LogP contribution in [0.4, 0.5) is 0 Å². The van der Waals surface area contributed by atoms with Gasteiger partial charge in [0.1, 0.15) is 0 Å². The summed E-state index contributed by atoms with van der Waals surface area (Å²) in [5.41, 5.74) is 2.89. The van der Waals surface area contributed by atoms with Gasteiger partial charge in [-0.1, -0.05) is 117 Å². The summed E-state index contributed by atoms with van der Waals surface area (Å²) in [6.45, 7) is 17.7. The highest BCUT2D eigenvalue weighted by molar-refractivity contribution is 5.95. The number of hydrogen-bond acceptors (Lipinski definition) is 5. The molecule has 45 heavy (non-hydrogen) atoms. The zero-order valence-electron chi connectivity index (χ0n) is 28.9. The van der Waals surface area contributed by atoms with Gasteiger partial charge in [-0.3, -0.25) is 4.79 Å². The van der Waals surface area contributed by atoms with E-state index in [0.717, 1.165) is 16.7 Å². The fraction of sp³-hybridized carbons (Fsp3) is 0.525. The Morgan fingerprint density at radius 2 is 1.44 bits per heavy atom. The molecule has 0 spiro atoms. The molecule has 246 valence electrons. The summed E-state index contributed by atoms with van der Waals surface area (Å²) in [6, 6.07) is 0.